The van der Waals surface area contributed by atoms with E-state index in [1.807, 2.05) is 18.2 Å². The highest BCUT2D eigenvalue weighted by Crippen LogP contribution is 2.28. The number of imidazole rings is 1. The van der Waals surface area contributed by atoms with Crippen molar-refractivity contribution in [3.05, 3.63) is 83.7 Å². The number of hydrogen-bond donors (Lipinski definition) is 0. The summed E-state index contributed by atoms with van der Waals surface area (Å²) < 4.78 is 21.8. The van der Waals surface area contributed by atoms with Gasteiger partial charge >= 0.3 is 0 Å². The molecule has 31 heavy (non-hydrogen) atoms. The number of benzene rings is 3. The van der Waals surface area contributed by atoms with Crippen LogP contribution in [-0.4, -0.2) is 16.2 Å². The zero-order valence-electron chi connectivity index (χ0n) is 18.4. The molecule has 0 atom stereocenters. The van der Waals surface area contributed by atoms with E-state index in [4.69, 9.17) is 9.72 Å². The molecule has 4 aromatic rings. The molecule has 0 N–H and O–H groups in total. The number of aryl methyl sites for hydroxylation is 2. The van der Waals surface area contributed by atoms with Crippen molar-refractivity contribution in [2.24, 2.45) is 0 Å². The first-order chi connectivity index (χ1) is 15.0. The third-order valence-corrected chi connectivity index (χ3v) is 5.58. The molecule has 3 nitrogen and oxygen atoms in total. The summed E-state index contributed by atoms with van der Waals surface area (Å²) in [6.07, 6.45) is 1.91. The number of aromatic nitrogens is 2. The van der Waals surface area contributed by atoms with Gasteiger partial charge in [0.2, 0.25) is 0 Å². The van der Waals surface area contributed by atoms with Crippen LogP contribution in [0.15, 0.2) is 66.7 Å². The highest BCUT2D eigenvalue weighted by Gasteiger charge is 2.13. The van der Waals surface area contributed by atoms with Crippen LogP contribution in [0.3, 0.4) is 0 Å². The highest BCUT2D eigenvalue weighted by molar-refractivity contribution is 5.80. The Hall–Kier alpha value is -3.14. The van der Waals surface area contributed by atoms with Crippen molar-refractivity contribution < 1.29 is 9.13 Å². The lowest BCUT2D eigenvalue weighted by molar-refractivity contribution is 0.299. The Labute approximate surface area is 183 Å². The predicted molar refractivity (Wildman–Crippen MR) is 125 cm³/mol. The molecule has 0 fully saturated rings. The van der Waals surface area contributed by atoms with Crippen LogP contribution in [0.25, 0.3) is 22.4 Å². The lowest BCUT2D eigenvalue weighted by Gasteiger charge is -2.15. The highest BCUT2D eigenvalue weighted by atomic mass is 19.1. The van der Waals surface area contributed by atoms with Crippen molar-refractivity contribution in [3.63, 3.8) is 0 Å². The number of para-hydroxylation sites is 2. The van der Waals surface area contributed by atoms with Crippen molar-refractivity contribution in [2.75, 3.05) is 6.61 Å². The molecule has 0 spiro atoms. The molecule has 160 valence electrons. The van der Waals surface area contributed by atoms with E-state index in [0.717, 1.165) is 47.6 Å². The molecule has 0 bridgehead atoms. The molecular formula is C27H29FN2O. The Balaban J connectivity index is 1.46. The van der Waals surface area contributed by atoms with Crippen LogP contribution in [0.5, 0.6) is 5.75 Å². The Morgan fingerprint density at radius 3 is 2.52 bits per heavy atom. The molecule has 0 saturated heterocycles. The summed E-state index contributed by atoms with van der Waals surface area (Å²) in [7, 11) is 0. The Morgan fingerprint density at radius 2 is 1.74 bits per heavy atom. The number of ether oxygens (including phenoxy) is 1. The molecule has 0 amide bonds. The van der Waals surface area contributed by atoms with Gasteiger partial charge in [0, 0.05) is 12.1 Å². The van der Waals surface area contributed by atoms with Gasteiger partial charge in [0.15, 0.2) is 0 Å². The van der Waals surface area contributed by atoms with Gasteiger partial charge in [0.1, 0.15) is 17.4 Å². The summed E-state index contributed by atoms with van der Waals surface area (Å²) >= 11 is 0. The van der Waals surface area contributed by atoms with E-state index >= 15 is 0 Å². The zero-order valence-corrected chi connectivity index (χ0v) is 18.4. The summed E-state index contributed by atoms with van der Waals surface area (Å²) in [5.41, 5.74) is 5.45. The maximum absolute atomic E-state index is 13.4. The van der Waals surface area contributed by atoms with E-state index in [2.05, 4.69) is 49.6 Å². The zero-order chi connectivity index (χ0) is 21.8. The molecule has 3 aromatic carbocycles. The maximum atomic E-state index is 13.4. The van der Waals surface area contributed by atoms with Crippen molar-refractivity contribution in [1.29, 1.82) is 0 Å². The summed E-state index contributed by atoms with van der Waals surface area (Å²) in [5.74, 6) is 2.07. The second kappa shape index (κ2) is 9.34. The normalized spacial score (nSPS) is 11.4. The van der Waals surface area contributed by atoms with E-state index in [0.29, 0.717) is 12.5 Å². The summed E-state index contributed by atoms with van der Waals surface area (Å²) in [6, 6.07) is 21.1. The van der Waals surface area contributed by atoms with Crippen LogP contribution in [0, 0.1) is 12.7 Å². The van der Waals surface area contributed by atoms with Crippen LogP contribution in [0.2, 0.25) is 0 Å². The minimum Gasteiger partial charge on any atom is -0.493 e. The number of fused-ring (bicyclic) bond motifs is 1. The van der Waals surface area contributed by atoms with Gasteiger partial charge in [-0.1, -0.05) is 38.1 Å². The molecule has 4 rings (SSSR count). The Bertz CT molecular complexity index is 1160. The van der Waals surface area contributed by atoms with Gasteiger partial charge in [-0.3, -0.25) is 0 Å². The SMILES string of the molecule is Cc1ccc(C(C)C)c(OCCCCn2c(-c3ccc(F)cc3)nc3ccccc32)c1. The second-order valence-electron chi connectivity index (χ2n) is 8.33. The van der Waals surface area contributed by atoms with Gasteiger partial charge in [0.25, 0.3) is 0 Å². The van der Waals surface area contributed by atoms with Gasteiger partial charge in [-0.25, -0.2) is 9.37 Å². The smallest absolute Gasteiger partial charge is 0.141 e. The van der Waals surface area contributed by atoms with Crippen molar-refractivity contribution in [3.8, 4) is 17.1 Å². The Morgan fingerprint density at radius 1 is 0.968 bits per heavy atom. The van der Waals surface area contributed by atoms with Gasteiger partial charge in [0.05, 0.1) is 17.6 Å². The average molecular weight is 417 g/mol. The molecule has 0 aliphatic heterocycles. The number of halogens is 1. The topological polar surface area (TPSA) is 27.1 Å². The lowest BCUT2D eigenvalue weighted by Crippen LogP contribution is -2.05. The third-order valence-electron chi connectivity index (χ3n) is 5.58. The quantitative estimate of drug-likeness (QED) is 0.286. The van der Waals surface area contributed by atoms with Gasteiger partial charge in [-0.2, -0.15) is 0 Å². The van der Waals surface area contributed by atoms with Crippen LogP contribution < -0.4 is 4.74 Å². The average Bonchev–Trinajstić information content (AvgIpc) is 3.12. The largest absolute Gasteiger partial charge is 0.493 e. The number of rotatable bonds is 8. The number of unbranched alkanes of at least 4 members (excludes halogenated alkanes) is 1. The van der Waals surface area contributed by atoms with Crippen molar-refractivity contribution in [2.45, 2.75) is 46.1 Å². The van der Waals surface area contributed by atoms with Gasteiger partial charge in [-0.15, -0.1) is 0 Å². The maximum Gasteiger partial charge on any atom is 0.141 e. The molecule has 0 aliphatic carbocycles. The van der Waals surface area contributed by atoms with Crippen LogP contribution in [-0.2, 0) is 6.54 Å². The first kappa shape index (κ1) is 21.1. The predicted octanol–water partition coefficient (Wildman–Crippen LogP) is 7.13. The van der Waals surface area contributed by atoms with Crippen molar-refractivity contribution in [1.82, 2.24) is 9.55 Å². The summed E-state index contributed by atoms with van der Waals surface area (Å²) in [6.45, 7) is 8.00. The van der Waals surface area contributed by atoms with E-state index < -0.39 is 0 Å². The fourth-order valence-corrected chi connectivity index (χ4v) is 3.92. The van der Waals surface area contributed by atoms with Gasteiger partial charge in [-0.05, 0) is 79.3 Å². The first-order valence-corrected chi connectivity index (χ1v) is 11.0. The van der Waals surface area contributed by atoms with E-state index in [1.54, 1.807) is 12.1 Å². The molecule has 1 heterocycles. The second-order valence-corrected chi connectivity index (χ2v) is 8.33. The van der Waals surface area contributed by atoms with E-state index in [1.165, 1.54) is 23.3 Å². The summed E-state index contributed by atoms with van der Waals surface area (Å²) in [5, 5.41) is 0. The van der Waals surface area contributed by atoms with E-state index in [-0.39, 0.29) is 5.82 Å². The van der Waals surface area contributed by atoms with Crippen molar-refractivity contribution >= 4 is 11.0 Å². The fourth-order valence-electron chi connectivity index (χ4n) is 3.92. The monoisotopic (exact) mass is 416 g/mol. The summed E-state index contributed by atoms with van der Waals surface area (Å²) in [4.78, 5) is 4.81. The molecule has 0 unspecified atom stereocenters. The number of nitrogens with zero attached hydrogens (tertiary/aromatic N) is 2. The van der Waals surface area contributed by atoms with Crippen LogP contribution in [0.1, 0.15) is 43.7 Å². The molecule has 4 heteroatoms. The molecule has 0 aliphatic rings. The molecule has 1 aromatic heterocycles. The van der Waals surface area contributed by atoms with Crippen LogP contribution >= 0.6 is 0 Å². The third kappa shape index (κ3) is 4.79. The van der Waals surface area contributed by atoms with Crippen LogP contribution in [0.4, 0.5) is 4.39 Å². The fraction of sp³-hybridized carbons (Fsp3) is 0.296. The lowest BCUT2D eigenvalue weighted by atomic mass is 10.0. The Kier molecular flexibility index (Phi) is 6.36. The molecular weight excluding hydrogens is 387 g/mol. The first-order valence-electron chi connectivity index (χ1n) is 11.0. The standard InChI is InChI=1S/C27H29FN2O/c1-19(2)23-15-10-20(3)18-26(23)31-17-7-6-16-30-25-9-5-4-8-24(25)29-27(30)21-11-13-22(28)14-12-21/h4-5,8-15,18-19H,6-7,16-17H2,1-3H3. The minimum absolute atomic E-state index is 0.236. The number of hydrogen-bond acceptors (Lipinski definition) is 2. The molecule has 0 radical (unpaired) electrons. The van der Waals surface area contributed by atoms with Gasteiger partial charge < -0.3 is 9.30 Å². The minimum atomic E-state index is -0.236. The van der Waals surface area contributed by atoms with E-state index in [9.17, 15) is 4.39 Å². The molecule has 0 saturated carbocycles.